The first kappa shape index (κ1) is 15.0. The topological polar surface area (TPSA) is 78.7 Å². The molecule has 2 aromatic carbocycles. The standard InChI is InChI=1S/C19H16N4O3/c1-12-15-10-16(13-7-8-17-18(9-13)26-11-25-17)20-22-19(15,24)23(21-12)14-5-3-2-4-6-14/h2-10,22,24H,11H2,1H3. The van der Waals surface area contributed by atoms with Crippen molar-refractivity contribution in [1.29, 1.82) is 0 Å². The number of rotatable bonds is 2. The maximum Gasteiger partial charge on any atom is 0.281 e. The van der Waals surface area contributed by atoms with Crippen molar-refractivity contribution in [2.75, 3.05) is 11.8 Å². The van der Waals surface area contributed by atoms with Crippen LogP contribution in [0.5, 0.6) is 11.5 Å². The molecule has 1 atom stereocenters. The minimum Gasteiger partial charge on any atom is -0.454 e. The lowest BCUT2D eigenvalue weighted by molar-refractivity contribution is 0.0501. The van der Waals surface area contributed by atoms with E-state index in [0.717, 1.165) is 22.7 Å². The number of hydrogen-bond acceptors (Lipinski definition) is 7. The Balaban J connectivity index is 1.52. The number of fused-ring (bicyclic) bond motifs is 2. The first-order valence-corrected chi connectivity index (χ1v) is 8.25. The molecule has 3 heterocycles. The monoisotopic (exact) mass is 348 g/mol. The van der Waals surface area contributed by atoms with Crippen LogP contribution in [0.4, 0.5) is 5.69 Å². The molecule has 5 rings (SSSR count). The predicted octanol–water partition coefficient (Wildman–Crippen LogP) is 2.19. The van der Waals surface area contributed by atoms with E-state index in [2.05, 4.69) is 15.6 Å². The summed E-state index contributed by atoms with van der Waals surface area (Å²) in [6, 6.07) is 15.1. The van der Waals surface area contributed by atoms with E-state index in [4.69, 9.17) is 9.47 Å². The summed E-state index contributed by atoms with van der Waals surface area (Å²) in [5.41, 5.74) is 6.56. The molecule has 0 fully saturated rings. The quantitative estimate of drug-likeness (QED) is 0.870. The number of nitrogens with one attached hydrogen (secondary N) is 1. The first-order valence-electron chi connectivity index (χ1n) is 8.25. The van der Waals surface area contributed by atoms with Crippen LogP contribution < -0.4 is 19.9 Å². The van der Waals surface area contributed by atoms with E-state index in [1.54, 1.807) is 0 Å². The third kappa shape index (κ3) is 2.11. The molecule has 0 saturated carbocycles. The Bertz CT molecular complexity index is 984. The molecule has 0 saturated heterocycles. The molecular weight excluding hydrogens is 332 g/mol. The van der Waals surface area contributed by atoms with Gasteiger partial charge in [0.25, 0.3) is 5.85 Å². The number of allylic oxidation sites excluding steroid dienone is 1. The van der Waals surface area contributed by atoms with E-state index >= 15 is 0 Å². The highest BCUT2D eigenvalue weighted by atomic mass is 16.7. The van der Waals surface area contributed by atoms with Crippen LogP contribution in [0.15, 0.2) is 70.4 Å². The summed E-state index contributed by atoms with van der Waals surface area (Å²) in [6.45, 7) is 2.09. The van der Waals surface area contributed by atoms with Crippen molar-refractivity contribution >= 4 is 17.1 Å². The summed E-state index contributed by atoms with van der Waals surface area (Å²) in [4.78, 5) is 0. The number of aliphatic hydroxyl groups is 1. The summed E-state index contributed by atoms with van der Waals surface area (Å²) in [5, 5.41) is 21.6. The van der Waals surface area contributed by atoms with Crippen LogP contribution in [0.25, 0.3) is 0 Å². The molecule has 0 radical (unpaired) electrons. The van der Waals surface area contributed by atoms with Crippen LogP contribution in [0, 0.1) is 0 Å². The number of nitrogens with zero attached hydrogens (tertiary/aromatic N) is 3. The maximum atomic E-state index is 11.2. The summed E-state index contributed by atoms with van der Waals surface area (Å²) in [6.07, 6.45) is 1.84. The van der Waals surface area contributed by atoms with Crippen molar-refractivity contribution in [2.45, 2.75) is 12.8 Å². The lowest BCUT2D eigenvalue weighted by atomic mass is 10.00. The molecule has 0 spiro atoms. The zero-order chi connectivity index (χ0) is 17.7. The molecule has 2 N–H and O–H groups in total. The third-order valence-electron chi connectivity index (χ3n) is 4.60. The lowest BCUT2D eigenvalue weighted by Crippen LogP contribution is -2.56. The second-order valence-corrected chi connectivity index (χ2v) is 6.24. The molecule has 0 bridgehead atoms. The highest BCUT2D eigenvalue weighted by molar-refractivity contribution is 6.16. The van der Waals surface area contributed by atoms with Gasteiger partial charge in [0.05, 0.1) is 22.7 Å². The van der Waals surface area contributed by atoms with Gasteiger partial charge in [0.15, 0.2) is 11.5 Å². The molecule has 26 heavy (non-hydrogen) atoms. The Labute approximate surface area is 149 Å². The van der Waals surface area contributed by atoms with Crippen molar-refractivity contribution in [3.63, 3.8) is 0 Å². The molecular formula is C19H16N4O3. The van der Waals surface area contributed by atoms with Gasteiger partial charge in [0.2, 0.25) is 6.79 Å². The van der Waals surface area contributed by atoms with Gasteiger partial charge in [-0.25, -0.2) is 5.01 Å². The van der Waals surface area contributed by atoms with Gasteiger partial charge in [-0.3, -0.25) is 5.43 Å². The molecule has 2 aromatic rings. The van der Waals surface area contributed by atoms with E-state index in [9.17, 15) is 5.11 Å². The molecule has 130 valence electrons. The van der Waals surface area contributed by atoms with Crippen LogP contribution >= 0.6 is 0 Å². The molecule has 3 aliphatic rings. The molecule has 1 unspecified atom stereocenters. The van der Waals surface area contributed by atoms with Crippen molar-refractivity contribution in [1.82, 2.24) is 5.43 Å². The fraction of sp³-hybridized carbons (Fsp3) is 0.158. The molecule has 0 aromatic heterocycles. The zero-order valence-corrected chi connectivity index (χ0v) is 14.0. The van der Waals surface area contributed by atoms with Gasteiger partial charge in [-0.2, -0.15) is 10.2 Å². The molecule has 0 amide bonds. The molecule has 7 heteroatoms. The van der Waals surface area contributed by atoms with Gasteiger partial charge in [0, 0.05) is 5.56 Å². The van der Waals surface area contributed by atoms with Gasteiger partial charge in [-0.1, -0.05) is 18.2 Å². The second-order valence-electron chi connectivity index (χ2n) is 6.24. The van der Waals surface area contributed by atoms with Gasteiger partial charge in [0.1, 0.15) is 0 Å². The van der Waals surface area contributed by atoms with E-state index < -0.39 is 5.85 Å². The molecule has 0 aliphatic carbocycles. The predicted molar refractivity (Wildman–Crippen MR) is 97.3 cm³/mol. The number of anilines is 1. The smallest absolute Gasteiger partial charge is 0.281 e. The van der Waals surface area contributed by atoms with E-state index in [1.165, 1.54) is 5.01 Å². The lowest BCUT2D eigenvalue weighted by Gasteiger charge is -2.35. The van der Waals surface area contributed by atoms with Crippen LogP contribution in [0.3, 0.4) is 0 Å². The molecule has 3 aliphatic heterocycles. The Morgan fingerprint density at radius 3 is 2.77 bits per heavy atom. The van der Waals surface area contributed by atoms with E-state index in [-0.39, 0.29) is 6.79 Å². The Kier molecular flexibility index (Phi) is 3.07. The van der Waals surface area contributed by atoms with Gasteiger partial charge >= 0.3 is 0 Å². The molecule has 7 nitrogen and oxygen atoms in total. The van der Waals surface area contributed by atoms with Crippen molar-refractivity contribution in [3.05, 3.63) is 65.7 Å². The number of hydrazone groups is 2. The first-order chi connectivity index (χ1) is 12.6. The normalized spacial score (nSPS) is 23.0. The minimum absolute atomic E-state index is 0.224. The second kappa shape index (κ2) is 5.34. The van der Waals surface area contributed by atoms with E-state index in [0.29, 0.717) is 17.0 Å². The summed E-state index contributed by atoms with van der Waals surface area (Å²) in [7, 11) is 0. The van der Waals surface area contributed by atoms with Crippen LogP contribution in [0.1, 0.15) is 12.5 Å². The number of para-hydroxylation sites is 1. The summed E-state index contributed by atoms with van der Waals surface area (Å²) >= 11 is 0. The van der Waals surface area contributed by atoms with Gasteiger partial charge in [-0.15, -0.1) is 0 Å². The highest BCUT2D eigenvalue weighted by Crippen LogP contribution is 2.37. The average molecular weight is 348 g/mol. The van der Waals surface area contributed by atoms with Crippen LogP contribution in [0.2, 0.25) is 0 Å². The SMILES string of the molecule is CC1=NN(c2ccccc2)C2(O)NN=C(c3ccc4c(c3)OCO4)C=C12. The number of ether oxygens (including phenoxy) is 2. The Hall–Kier alpha value is -3.32. The van der Waals surface area contributed by atoms with E-state index in [1.807, 2.05) is 61.5 Å². The third-order valence-corrected chi connectivity index (χ3v) is 4.60. The van der Waals surface area contributed by atoms with Gasteiger partial charge in [-0.05, 0) is 43.3 Å². The zero-order valence-electron chi connectivity index (χ0n) is 14.0. The van der Waals surface area contributed by atoms with Crippen molar-refractivity contribution in [2.24, 2.45) is 10.2 Å². The van der Waals surface area contributed by atoms with Crippen LogP contribution in [-0.4, -0.2) is 29.2 Å². The van der Waals surface area contributed by atoms with Gasteiger partial charge < -0.3 is 14.6 Å². The summed E-state index contributed by atoms with van der Waals surface area (Å²) < 4.78 is 10.8. The largest absolute Gasteiger partial charge is 0.454 e. The van der Waals surface area contributed by atoms with Crippen molar-refractivity contribution in [3.8, 4) is 11.5 Å². The summed E-state index contributed by atoms with van der Waals surface area (Å²) in [5.74, 6) is -0.103. The Morgan fingerprint density at radius 1 is 1.12 bits per heavy atom. The van der Waals surface area contributed by atoms with Crippen molar-refractivity contribution < 1.29 is 14.6 Å². The van der Waals surface area contributed by atoms with Crippen LogP contribution in [-0.2, 0) is 0 Å². The highest BCUT2D eigenvalue weighted by Gasteiger charge is 2.47. The number of hydrogen-bond donors (Lipinski definition) is 2. The Morgan fingerprint density at radius 2 is 1.92 bits per heavy atom. The maximum absolute atomic E-state index is 11.2. The minimum atomic E-state index is -1.51. The fourth-order valence-electron chi connectivity index (χ4n) is 3.28. The average Bonchev–Trinajstić information content (AvgIpc) is 3.24. The fourth-order valence-corrected chi connectivity index (χ4v) is 3.28. The number of benzene rings is 2.